The summed E-state index contributed by atoms with van der Waals surface area (Å²) in [5.74, 6) is 6.38. The van der Waals surface area contributed by atoms with Crippen LogP contribution >= 0.6 is 34.2 Å². The van der Waals surface area contributed by atoms with Gasteiger partial charge in [-0.2, -0.15) is 0 Å². The van der Waals surface area contributed by atoms with Crippen LogP contribution in [0, 0.1) is 3.57 Å². The average Bonchev–Trinajstić information content (AvgIpc) is 2.47. The van der Waals surface area contributed by atoms with E-state index in [1.54, 1.807) is 12.1 Å². The lowest BCUT2D eigenvalue weighted by Gasteiger charge is -2.17. The van der Waals surface area contributed by atoms with Crippen LogP contribution in [-0.2, 0) is 6.42 Å². The van der Waals surface area contributed by atoms with Gasteiger partial charge in [-0.15, -0.1) is 0 Å². The molecule has 0 aromatic heterocycles. The van der Waals surface area contributed by atoms with Crippen LogP contribution < -0.4 is 16.0 Å². The molecule has 1 atom stereocenters. The summed E-state index contributed by atoms with van der Waals surface area (Å²) in [6.45, 7) is 0.504. The van der Waals surface area contributed by atoms with Crippen molar-refractivity contribution < 1.29 is 4.74 Å². The Morgan fingerprint density at radius 1 is 1.10 bits per heavy atom. The fourth-order valence-corrected chi connectivity index (χ4v) is 2.28. The molecular formula is C15H16ClIN2O. The molecule has 0 spiro atoms. The molecule has 3 N–H and O–H groups in total. The SMILES string of the molecule is NNC(COc1ccc(Cl)cc1)Cc1ccc(I)cc1. The topological polar surface area (TPSA) is 47.3 Å². The van der Waals surface area contributed by atoms with E-state index in [1.807, 2.05) is 12.1 Å². The smallest absolute Gasteiger partial charge is 0.119 e. The molecule has 106 valence electrons. The molecule has 0 saturated heterocycles. The van der Waals surface area contributed by atoms with Crippen molar-refractivity contribution in [1.82, 2.24) is 5.43 Å². The number of hydrazine groups is 1. The molecule has 0 bridgehead atoms. The van der Waals surface area contributed by atoms with Crippen LogP contribution in [0.25, 0.3) is 0 Å². The maximum Gasteiger partial charge on any atom is 0.119 e. The lowest BCUT2D eigenvalue weighted by molar-refractivity contribution is 0.264. The monoisotopic (exact) mass is 402 g/mol. The Labute approximate surface area is 137 Å². The fourth-order valence-electron chi connectivity index (χ4n) is 1.80. The minimum Gasteiger partial charge on any atom is -0.492 e. The standard InChI is InChI=1S/C15H16ClIN2O/c16-12-3-7-15(8-4-12)20-10-14(19-18)9-11-1-5-13(17)6-2-11/h1-8,14,19H,9-10,18H2. The van der Waals surface area contributed by atoms with E-state index in [9.17, 15) is 0 Å². The van der Waals surface area contributed by atoms with E-state index in [4.69, 9.17) is 22.2 Å². The molecule has 5 heteroatoms. The van der Waals surface area contributed by atoms with Crippen molar-refractivity contribution in [3.63, 3.8) is 0 Å². The van der Waals surface area contributed by atoms with E-state index in [0.717, 1.165) is 12.2 Å². The maximum atomic E-state index is 5.83. The molecule has 0 aliphatic heterocycles. The molecule has 0 aliphatic carbocycles. The summed E-state index contributed by atoms with van der Waals surface area (Å²) < 4.78 is 6.93. The van der Waals surface area contributed by atoms with Crippen LogP contribution in [-0.4, -0.2) is 12.6 Å². The number of hydrogen-bond donors (Lipinski definition) is 2. The quantitative estimate of drug-likeness (QED) is 0.442. The van der Waals surface area contributed by atoms with E-state index >= 15 is 0 Å². The Hall–Kier alpha value is -0.820. The Kier molecular flexibility index (Phi) is 6.09. The van der Waals surface area contributed by atoms with Crippen LogP contribution in [0.5, 0.6) is 5.75 Å². The third kappa shape index (κ3) is 4.94. The molecule has 0 aliphatic rings. The minimum absolute atomic E-state index is 0.0609. The second-order valence-electron chi connectivity index (χ2n) is 4.46. The summed E-state index contributed by atoms with van der Waals surface area (Å²) in [6.07, 6.45) is 0.820. The summed E-state index contributed by atoms with van der Waals surface area (Å²) in [7, 11) is 0. The predicted molar refractivity (Wildman–Crippen MR) is 90.9 cm³/mol. The normalized spacial score (nSPS) is 12.2. The van der Waals surface area contributed by atoms with Gasteiger partial charge in [-0.1, -0.05) is 23.7 Å². The first kappa shape index (κ1) is 15.6. The highest BCUT2D eigenvalue weighted by Crippen LogP contribution is 2.16. The van der Waals surface area contributed by atoms with Gasteiger partial charge in [-0.05, 0) is 71.0 Å². The first-order valence-corrected chi connectivity index (χ1v) is 7.72. The molecule has 2 aromatic rings. The van der Waals surface area contributed by atoms with Gasteiger partial charge in [0.2, 0.25) is 0 Å². The summed E-state index contributed by atoms with van der Waals surface area (Å²) in [6, 6.07) is 15.8. The highest BCUT2D eigenvalue weighted by atomic mass is 127. The van der Waals surface area contributed by atoms with Crippen LogP contribution in [0.4, 0.5) is 0 Å². The third-order valence-electron chi connectivity index (χ3n) is 2.90. The molecule has 1 unspecified atom stereocenters. The number of hydrogen-bond acceptors (Lipinski definition) is 3. The van der Waals surface area contributed by atoms with Crippen molar-refractivity contribution in [3.05, 3.63) is 62.7 Å². The number of nitrogens with two attached hydrogens (primary N) is 1. The van der Waals surface area contributed by atoms with Gasteiger partial charge in [0.25, 0.3) is 0 Å². The third-order valence-corrected chi connectivity index (χ3v) is 3.87. The Bertz CT molecular complexity index is 531. The highest BCUT2D eigenvalue weighted by molar-refractivity contribution is 14.1. The summed E-state index contributed by atoms with van der Waals surface area (Å²) in [4.78, 5) is 0. The number of benzene rings is 2. The van der Waals surface area contributed by atoms with Crippen molar-refractivity contribution >= 4 is 34.2 Å². The second-order valence-corrected chi connectivity index (χ2v) is 6.14. The first-order valence-electron chi connectivity index (χ1n) is 6.26. The molecule has 0 heterocycles. The predicted octanol–water partition coefficient (Wildman–Crippen LogP) is 3.40. The van der Waals surface area contributed by atoms with Crippen LogP contribution in [0.3, 0.4) is 0 Å². The van der Waals surface area contributed by atoms with Gasteiger partial charge in [-0.3, -0.25) is 11.3 Å². The number of ether oxygens (including phenoxy) is 1. The lowest BCUT2D eigenvalue weighted by atomic mass is 10.1. The van der Waals surface area contributed by atoms with Crippen molar-refractivity contribution in [2.45, 2.75) is 12.5 Å². The Balaban J connectivity index is 1.88. The zero-order valence-electron chi connectivity index (χ0n) is 10.9. The first-order chi connectivity index (χ1) is 9.67. The van der Waals surface area contributed by atoms with Gasteiger partial charge in [0.05, 0.1) is 6.04 Å². The Morgan fingerprint density at radius 2 is 1.75 bits per heavy atom. The van der Waals surface area contributed by atoms with Crippen molar-refractivity contribution in [2.24, 2.45) is 5.84 Å². The highest BCUT2D eigenvalue weighted by Gasteiger charge is 2.09. The van der Waals surface area contributed by atoms with Crippen molar-refractivity contribution in [2.75, 3.05) is 6.61 Å². The van der Waals surface area contributed by atoms with Crippen LogP contribution in [0.1, 0.15) is 5.56 Å². The Morgan fingerprint density at radius 3 is 2.35 bits per heavy atom. The lowest BCUT2D eigenvalue weighted by Crippen LogP contribution is -2.41. The number of rotatable bonds is 6. The average molecular weight is 403 g/mol. The van der Waals surface area contributed by atoms with Crippen LogP contribution in [0.15, 0.2) is 48.5 Å². The second kappa shape index (κ2) is 7.83. The zero-order valence-corrected chi connectivity index (χ0v) is 13.8. The van der Waals surface area contributed by atoms with Gasteiger partial charge >= 0.3 is 0 Å². The maximum absolute atomic E-state index is 5.83. The van der Waals surface area contributed by atoms with Crippen molar-refractivity contribution in [1.29, 1.82) is 0 Å². The number of halogens is 2. The van der Waals surface area contributed by atoms with E-state index in [0.29, 0.717) is 11.6 Å². The van der Waals surface area contributed by atoms with E-state index in [1.165, 1.54) is 9.13 Å². The molecule has 0 amide bonds. The largest absolute Gasteiger partial charge is 0.492 e. The van der Waals surface area contributed by atoms with E-state index in [-0.39, 0.29) is 6.04 Å². The molecule has 20 heavy (non-hydrogen) atoms. The zero-order chi connectivity index (χ0) is 14.4. The minimum atomic E-state index is 0.0609. The molecule has 2 aromatic carbocycles. The van der Waals surface area contributed by atoms with Gasteiger partial charge in [0.1, 0.15) is 12.4 Å². The molecule has 0 saturated carbocycles. The van der Waals surface area contributed by atoms with Gasteiger partial charge < -0.3 is 4.74 Å². The van der Waals surface area contributed by atoms with E-state index in [2.05, 4.69) is 52.3 Å². The molecule has 0 radical (unpaired) electrons. The molecule has 3 nitrogen and oxygen atoms in total. The summed E-state index contributed by atoms with van der Waals surface area (Å²) in [5.41, 5.74) is 4.02. The van der Waals surface area contributed by atoms with Gasteiger partial charge in [-0.25, -0.2) is 0 Å². The van der Waals surface area contributed by atoms with Gasteiger partial charge in [0.15, 0.2) is 0 Å². The molecule has 0 fully saturated rings. The molecular weight excluding hydrogens is 387 g/mol. The fraction of sp³-hybridized carbons (Fsp3) is 0.200. The summed E-state index contributed by atoms with van der Waals surface area (Å²) >= 11 is 8.12. The van der Waals surface area contributed by atoms with Gasteiger partial charge in [0, 0.05) is 8.59 Å². The van der Waals surface area contributed by atoms with E-state index < -0.39 is 0 Å². The van der Waals surface area contributed by atoms with Crippen molar-refractivity contribution in [3.8, 4) is 5.75 Å². The van der Waals surface area contributed by atoms with Crippen LogP contribution in [0.2, 0.25) is 5.02 Å². The summed E-state index contributed by atoms with van der Waals surface area (Å²) in [5, 5.41) is 0.699. The number of nitrogens with one attached hydrogen (secondary N) is 1. The molecule has 2 rings (SSSR count).